The molecule has 0 bridgehead atoms. The first-order chi connectivity index (χ1) is 11.0. The van der Waals surface area contributed by atoms with Gasteiger partial charge in [-0.2, -0.15) is 0 Å². The van der Waals surface area contributed by atoms with Gasteiger partial charge in [-0.05, 0) is 12.5 Å². The third-order valence-electron chi connectivity index (χ3n) is 3.23. The van der Waals surface area contributed by atoms with Crippen molar-refractivity contribution in [2.24, 2.45) is 0 Å². The second-order valence-electron chi connectivity index (χ2n) is 4.96. The summed E-state index contributed by atoms with van der Waals surface area (Å²) < 4.78 is 10.8. The monoisotopic (exact) mass is 321 g/mol. The lowest BCUT2D eigenvalue weighted by molar-refractivity contribution is -0.111. The van der Waals surface area contributed by atoms with Crippen LogP contribution in [0.5, 0.6) is 11.5 Å². The summed E-state index contributed by atoms with van der Waals surface area (Å²) in [5.74, 6) is -0.950. The molecule has 1 aromatic rings. The van der Waals surface area contributed by atoms with E-state index in [4.69, 9.17) is 9.47 Å². The van der Waals surface area contributed by atoms with E-state index in [1.807, 2.05) is 0 Å². The minimum atomic E-state index is -1.16. The molecule has 1 aromatic carbocycles. The molecule has 0 aliphatic heterocycles. The minimum absolute atomic E-state index is 0.0652. The maximum atomic E-state index is 11.4. The molecule has 0 spiro atoms. The van der Waals surface area contributed by atoms with Crippen molar-refractivity contribution in [3.05, 3.63) is 30.4 Å². The van der Waals surface area contributed by atoms with Crippen LogP contribution in [0.4, 0.5) is 5.69 Å². The minimum Gasteiger partial charge on any atom is -0.493 e. The average molecular weight is 321 g/mol. The van der Waals surface area contributed by atoms with Crippen molar-refractivity contribution in [1.29, 1.82) is 0 Å². The molecule has 0 heterocycles. The van der Waals surface area contributed by atoms with Crippen LogP contribution < -0.4 is 14.8 Å². The van der Waals surface area contributed by atoms with Gasteiger partial charge in [0.05, 0.1) is 25.0 Å². The predicted molar refractivity (Wildman–Crippen MR) is 88.4 cm³/mol. The fourth-order valence-corrected chi connectivity index (χ4v) is 2.01. The molecule has 0 radical (unpaired) electrons. The zero-order valence-electron chi connectivity index (χ0n) is 13.6. The second kappa shape index (κ2) is 9.50. The van der Waals surface area contributed by atoms with Crippen molar-refractivity contribution >= 4 is 17.6 Å². The largest absolute Gasteiger partial charge is 0.493 e. The summed E-state index contributed by atoms with van der Waals surface area (Å²) in [4.78, 5) is 22.8. The van der Waals surface area contributed by atoms with Crippen LogP contribution in [0.15, 0.2) is 24.8 Å². The molecule has 0 saturated carbocycles. The van der Waals surface area contributed by atoms with Gasteiger partial charge < -0.3 is 19.9 Å². The molecule has 23 heavy (non-hydrogen) atoms. The maximum Gasteiger partial charge on any atom is 0.337 e. The number of hydrogen-bond acceptors (Lipinski definition) is 4. The number of amides is 1. The third-order valence-corrected chi connectivity index (χ3v) is 3.23. The fraction of sp³-hybridized carbons (Fsp3) is 0.412. The van der Waals surface area contributed by atoms with Gasteiger partial charge in [0.1, 0.15) is 0 Å². The molecular weight excluding hydrogens is 298 g/mol. The zero-order valence-corrected chi connectivity index (χ0v) is 13.6. The Morgan fingerprint density at radius 1 is 1.26 bits per heavy atom. The molecule has 0 atom stereocenters. The standard InChI is InChI=1S/C17H23NO5/c1-4-6-7-8-9-23-15-10-12(17(20)21)13(11-14(15)22-3)18-16(19)5-2/h5,10-11H,2,4,6-9H2,1,3H3,(H,18,19)(H,20,21). The Labute approximate surface area is 136 Å². The van der Waals surface area contributed by atoms with Crippen LogP contribution in [0.1, 0.15) is 43.0 Å². The summed E-state index contributed by atoms with van der Waals surface area (Å²) in [6.07, 6.45) is 5.26. The third kappa shape index (κ3) is 5.65. The van der Waals surface area contributed by atoms with Gasteiger partial charge in [-0.15, -0.1) is 0 Å². The van der Waals surface area contributed by atoms with Gasteiger partial charge in [-0.25, -0.2) is 4.79 Å². The van der Waals surface area contributed by atoms with Crippen molar-refractivity contribution in [1.82, 2.24) is 0 Å². The Bertz CT molecular complexity index is 568. The predicted octanol–water partition coefficient (Wildman–Crippen LogP) is 3.48. The summed E-state index contributed by atoms with van der Waals surface area (Å²) in [6, 6.07) is 2.80. The number of rotatable bonds is 10. The highest BCUT2D eigenvalue weighted by atomic mass is 16.5. The molecule has 1 amide bonds. The van der Waals surface area contributed by atoms with Crippen LogP contribution in [0, 0.1) is 0 Å². The van der Waals surface area contributed by atoms with Gasteiger partial charge in [0.15, 0.2) is 11.5 Å². The van der Waals surface area contributed by atoms with E-state index in [0.29, 0.717) is 18.1 Å². The van der Waals surface area contributed by atoms with Crippen LogP contribution in [0.3, 0.4) is 0 Å². The first-order valence-corrected chi connectivity index (χ1v) is 7.55. The van der Waals surface area contributed by atoms with E-state index in [1.165, 1.54) is 19.2 Å². The van der Waals surface area contributed by atoms with Gasteiger partial charge in [-0.1, -0.05) is 32.8 Å². The number of ether oxygens (including phenoxy) is 2. The van der Waals surface area contributed by atoms with E-state index in [9.17, 15) is 14.7 Å². The Kier molecular flexibility index (Phi) is 7.66. The molecule has 0 aliphatic rings. The molecule has 2 N–H and O–H groups in total. The lowest BCUT2D eigenvalue weighted by Gasteiger charge is -2.15. The Hall–Kier alpha value is -2.50. The lowest BCUT2D eigenvalue weighted by Crippen LogP contribution is -2.12. The van der Waals surface area contributed by atoms with Gasteiger partial charge in [-0.3, -0.25) is 4.79 Å². The summed E-state index contributed by atoms with van der Waals surface area (Å²) >= 11 is 0. The highest BCUT2D eigenvalue weighted by Crippen LogP contribution is 2.34. The van der Waals surface area contributed by atoms with Crippen LogP contribution in [0.2, 0.25) is 0 Å². The smallest absolute Gasteiger partial charge is 0.337 e. The summed E-state index contributed by atoms with van der Waals surface area (Å²) in [5, 5.41) is 11.8. The lowest BCUT2D eigenvalue weighted by atomic mass is 10.1. The quantitative estimate of drug-likeness (QED) is 0.509. The number of carboxylic acids is 1. The summed E-state index contributed by atoms with van der Waals surface area (Å²) in [7, 11) is 1.46. The van der Waals surface area contributed by atoms with Crippen LogP contribution in [0.25, 0.3) is 0 Å². The molecule has 0 fully saturated rings. The molecule has 6 nitrogen and oxygen atoms in total. The Morgan fingerprint density at radius 3 is 2.57 bits per heavy atom. The highest BCUT2D eigenvalue weighted by molar-refractivity contribution is 6.04. The number of anilines is 1. The van der Waals surface area contributed by atoms with E-state index in [-0.39, 0.29) is 11.3 Å². The molecule has 0 saturated heterocycles. The van der Waals surface area contributed by atoms with Crippen LogP contribution >= 0.6 is 0 Å². The maximum absolute atomic E-state index is 11.4. The van der Waals surface area contributed by atoms with E-state index in [2.05, 4.69) is 18.8 Å². The second-order valence-corrected chi connectivity index (χ2v) is 4.96. The molecule has 0 unspecified atom stereocenters. The molecular formula is C17H23NO5. The number of carboxylic acid groups (broad SMARTS) is 1. The average Bonchev–Trinajstić information content (AvgIpc) is 2.54. The fourth-order valence-electron chi connectivity index (χ4n) is 2.01. The van der Waals surface area contributed by atoms with Crippen molar-refractivity contribution in [2.45, 2.75) is 32.6 Å². The summed E-state index contributed by atoms with van der Waals surface area (Å²) in [5.41, 5.74) is 0.0714. The van der Waals surface area contributed by atoms with Crippen molar-refractivity contribution < 1.29 is 24.2 Å². The zero-order chi connectivity index (χ0) is 17.2. The van der Waals surface area contributed by atoms with Gasteiger partial charge >= 0.3 is 5.97 Å². The summed E-state index contributed by atoms with van der Waals surface area (Å²) in [6.45, 7) is 5.95. The van der Waals surface area contributed by atoms with E-state index in [0.717, 1.165) is 31.8 Å². The number of methoxy groups -OCH3 is 1. The first-order valence-electron chi connectivity index (χ1n) is 7.55. The molecule has 0 aliphatic carbocycles. The Balaban J connectivity index is 2.97. The number of unbranched alkanes of at least 4 members (excludes halogenated alkanes) is 3. The molecule has 6 heteroatoms. The normalized spacial score (nSPS) is 10.0. The molecule has 1 rings (SSSR count). The number of aromatic carboxylic acids is 1. The molecule has 0 aromatic heterocycles. The van der Waals surface area contributed by atoms with Gasteiger partial charge in [0, 0.05) is 12.1 Å². The Morgan fingerprint density at radius 2 is 2.00 bits per heavy atom. The first kappa shape index (κ1) is 18.5. The van der Waals surface area contributed by atoms with Crippen molar-refractivity contribution in [3.8, 4) is 11.5 Å². The van der Waals surface area contributed by atoms with E-state index >= 15 is 0 Å². The topological polar surface area (TPSA) is 84.9 Å². The van der Waals surface area contributed by atoms with E-state index < -0.39 is 11.9 Å². The number of nitrogens with one attached hydrogen (secondary N) is 1. The number of benzene rings is 1. The van der Waals surface area contributed by atoms with Crippen molar-refractivity contribution in [3.63, 3.8) is 0 Å². The van der Waals surface area contributed by atoms with E-state index in [1.54, 1.807) is 0 Å². The van der Waals surface area contributed by atoms with Crippen LogP contribution in [-0.2, 0) is 4.79 Å². The van der Waals surface area contributed by atoms with Gasteiger partial charge in [0.2, 0.25) is 5.91 Å². The highest BCUT2D eigenvalue weighted by Gasteiger charge is 2.17. The van der Waals surface area contributed by atoms with Gasteiger partial charge in [0.25, 0.3) is 0 Å². The number of carbonyl (C=O) groups excluding carboxylic acids is 1. The number of carbonyl (C=O) groups is 2. The molecule has 126 valence electrons. The van der Waals surface area contributed by atoms with Crippen molar-refractivity contribution in [2.75, 3.05) is 19.0 Å². The number of hydrogen-bond donors (Lipinski definition) is 2. The SMILES string of the molecule is C=CC(=O)Nc1cc(OC)c(OCCCCCC)cc1C(=O)O. The van der Waals surface area contributed by atoms with Crippen LogP contribution in [-0.4, -0.2) is 30.7 Å².